The predicted octanol–water partition coefficient (Wildman–Crippen LogP) is 4.64. The summed E-state index contributed by atoms with van der Waals surface area (Å²) in [5, 5.41) is 5.52. The molecular formula is C25H30F3N3O3. The molecule has 1 saturated heterocycles. The minimum Gasteiger partial charge on any atom is -0.493 e. The number of likely N-dealkylation sites (tertiary alicyclic amines) is 1. The molecule has 2 fully saturated rings. The maximum Gasteiger partial charge on any atom is 0.319 e. The summed E-state index contributed by atoms with van der Waals surface area (Å²) in [7, 11) is 3.20. The number of anilines is 1. The first-order valence-corrected chi connectivity index (χ1v) is 11.5. The van der Waals surface area contributed by atoms with Crippen LogP contribution in [-0.4, -0.2) is 57.0 Å². The van der Waals surface area contributed by atoms with E-state index >= 15 is 0 Å². The van der Waals surface area contributed by atoms with Crippen LogP contribution >= 0.6 is 0 Å². The molecule has 1 heterocycles. The van der Waals surface area contributed by atoms with Gasteiger partial charge in [0, 0.05) is 35.8 Å². The molecule has 0 spiro atoms. The highest BCUT2D eigenvalue weighted by Crippen LogP contribution is 2.50. The van der Waals surface area contributed by atoms with E-state index in [-0.39, 0.29) is 23.2 Å². The Labute approximate surface area is 197 Å². The number of carbonyl (C=O) groups excluding carboxylic acids is 1. The molecule has 1 saturated carbocycles. The second kappa shape index (κ2) is 10.1. The van der Waals surface area contributed by atoms with Crippen LogP contribution in [-0.2, 0) is 5.41 Å². The van der Waals surface area contributed by atoms with Crippen LogP contribution in [0.4, 0.5) is 23.7 Å². The third-order valence-corrected chi connectivity index (χ3v) is 7.21. The molecule has 9 heteroatoms. The maximum atomic E-state index is 13.5. The Morgan fingerprint density at radius 1 is 1.09 bits per heavy atom. The Bertz CT molecular complexity index is 1040. The zero-order valence-electron chi connectivity index (χ0n) is 19.4. The van der Waals surface area contributed by atoms with Crippen molar-refractivity contribution < 1.29 is 27.4 Å². The Hall–Kier alpha value is -2.94. The van der Waals surface area contributed by atoms with E-state index < -0.39 is 24.3 Å². The minimum absolute atomic E-state index is 0.0451. The molecule has 2 amide bonds. The van der Waals surface area contributed by atoms with Gasteiger partial charge in [-0.1, -0.05) is 6.07 Å². The lowest BCUT2D eigenvalue weighted by Gasteiger charge is -2.45. The average molecular weight is 478 g/mol. The van der Waals surface area contributed by atoms with E-state index in [0.717, 1.165) is 43.5 Å². The van der Waals surface area contributed by atoms with Gasteiger partial charge in [-0.05, 0) is 62.1 Å². The number of halogens is 3. The van der Waals surface area contributed by atoms with Crippen LogP contribution in [0.1, 0.15) is 31.2 Å². The molecule has 1 aliphatic heterocycles. The van der Waals surface area contributed by atoms with Crippen LogP contribution in [0.3, 0.4) is 0 Å². The zero-order chi connectivity index (χ0) is 24.3. The second-order valence-electron chi connectivity index (χ2n) is 8.92. The van der Waals surface area contributed by atoms with E-state index in [2.05, 4.69) is 21.6 Å². The highest BCUT2D eigenvalue weighted by Gasteiger charge is 2.51. The van der Waals surface area contributed by atoms with Crippen molar-refractivity contribution in [1.82, 2.24) is 10.2 Å². The molecule has 2 aliphatic rings. The lowest BCUT2D eigenvalue weighted by molar-refractivity contribution is 0.130. The SMILES string of the molecule is COc1ccc([C@@]23CC[C@H](NC(=O)Nc4ccc(F)c(F)c4)C[C@H]2N(CCF)CC3)cc1OC. The summed E-state index contributed by atoms with van der Waals surface area (Å²) in [6, 6.07) is 8.61. The second-order valence-corrected chi connectivity index (χ2v) is 8.92. The molecule has 0 radical (unpaired) electrons. The summed E-state index contributed by atoms with van der Waals surface area (Å²) >= 11 is 0. The third-order valence-electron chi connectivity index (χ3n) is 7.21. The number of hydrogen-bond donors (Lipinski definition) is 2. The van der Waals surface area contributed by atoms with Crippen molar-refractivity contribution in [3.63, 3.8) is 0 Å². The van der Waals surface area contributed by atoms with Gasteiger partial charge in [-0.3, -0.25) is 4.90 Å². The number of fused-ring (bicyclic) bond motifs is 1. The predicted molar refractivity (Wildman–Crippen MR) is 123 cm³/mol. The molecular weight excluding hydrogens is 447 g/mol. The Morgan fingerprint density at radius 2 is 1.88 bits per heavy atom. The van der Waals surface area contributed by atoms with Gasteiger partial charge in [0.2, 0.25) is 0 Å². The fraction of sp³-hybridized carbons (Fsp3) is 0.480. The lowest BCUT2D eigenvalue weighted by atomic mass is 9.65. The average Bonchev–Trinajstić information content (AvgIpc) is 3.20. The highest BCUT2D eigenvalue weighted by molar-refractivity contribution is 5.89. The zero-order valence-corrected chi connectivity index (χ0v) is 19.4. The van der Waals surface area contributed by atoms with Gasteiger partial charge >= 0.3 is 6.03 Å². The van der Waals surface area contributed by atoms with Crippen LogP contribution in [0.25, 0.3) is 0 Å². The monoisotopic (exact) mass is 477 g/mol. The number of rotatable bonds is 7. The quantitative estimate of drug-likeness (QED) is 0.610. The van der Waals surface area contributed by atoms with E-state index in [1.54, 1.807) is 14.2 Å². The smallest absolute Gasteiger partial charge is 0.319 e. The number of nitrogens with one attached hydrogen (secondary N) is 2. The van der Waals surface area contributed by atoms with Crippen molar-refractivity contribution >= 4 is 11.7 Å². The number of carbonyl (C=O) groups is 1. The van der Waals surface area contributed by atoms with Crippen molar-refractivity contribution in [2.24, 2.45) is 0 Å². The van der Waals surface area contributed by atoms with Crippen LogP contribution < -0.4 is 20.1 Å². The normalized spacial score (nSPS) is 24.4. The minimum atomic E-state index is -1.03. The summed E-state index contributed by atoms with van der Waals surface area (Å²) in [4.78, 5) is 14.7. The number of benzene rings is 2. The van der Waals surface area contributed by atoms with Crippen LogP contribution in [0.2, 0.25) is 0 Å². The van der Waals surface area contributed by atoms with Gasteiger partial charge in [0.15, 0.2) is 23.1 Å². The fourth-order valence-electron chi connectivity index (χ4n) is 5.56. The Morgan fingerprint density at radius 3 is 2.59 bits per heavy atom. The van der Waals surface area contributed by atoms with Gasteiger partial charge in [0.05, 0.1) is 14.2 Å². The fourth-order valence-corrected chi connectivity index (χ4v) is 5.56. The van der Waals surface area contributed by atoms with Crippen molar-refractivity contribution in [1.29, 1.82) is 0 Å². The number of alkyl halides is 1. The van der Waals surface area contributed by atoms with Crippen molar-refractivity contribution in [3.05, 3.63) is 53.6 Å². The van der Waals surface area contributed by atoms with Crippen LogP contribution in [0.5, 0.6) is 11.5 Å². The standard InChI is InChI=1S/C25H30F3N3O3/c1-33-21-6-3-16(13-22(21)34-2)25-8-7-18(15-23(25)31(11-9-25)12-10-26)30-24(32)29-17-4-5-19(27)20(28)14-17/h3-6,13-14,18,23H,7-12,15H2,1-2H3,(H2,29,30,32)/t18-,23+,25-/m0/s1. The molecule has 0 bridgehead atoms. The largest absolute Gasteiger partial charge is 0.493 e. The lowest BCUT2D eigenvalue weighted by Crippen LogP contribution is -2.53. The number of ether oxygens (including phenoxy) is 2. The molecule has 1 aliphatic carbocycles. The molecule has 4 rings (SSSR count). The molecule has 2 aromatic carbocycles. The number of hydrogen-bond acceptors (Lipinski definition) is 4. The van der Waals surface area contributed by atoms with Gasteiger partial charge in [-0.2, -0.15) is 0 Å². The molecule has 184 valence electrons. The van der Waals surface area contributed by atoms with Crippen LogP contribution in [0, 0.1) is 11.6 Å². The van der Waals surface area contributed by atoms with Crippen molar-refractivity contribution in [2.75, 3.05) is 39.3 Å². The number of urea groups is 1. The van der Waals surface area contributed by atoms with E-state index in [4.69, 9.17) is 9.47 Å². The summed E-state index contributed by atoms with van der Waals surface area (Å²) in [6.07, 6.45) is 3.09. The first-order valence-electron chi connectivity index (χ1n) is 11.5. The molecule has 0 aromatic heterocycles. The Balaban J connectivity index is 1.51. The number of amides is 2. The Kier molecular flexibility index (Phi) is 7.21. The molecule has 0 unspecified atom stereocenters. The van der Waals surface area contributed by atoms with E-state index in [1.165, 1.54) is 6.07 Å². The highest BCUT2D eigenvalue weighted by atomic mass is 19.2. The van der Waals surface area contributed by atoms with Crippen molar-refractivity contribution in [2.45, 2.75) is 43.2 Å². The maximum absolute atomic E-state index is 13.5. The first-order chi connectivity index (χ1) is 16.4. The van der Waals surface area contributed by atoms with Gasteiger partial charge in [0.1, 0.15) is 6.67 Å². The van der Waals surface area contributed by atoms with Gasteiger partial charge in [-0.15, -0.1) is 0 Å². The first kappa shape index (κ1) is 24.2. The van der Waals surface area contributed by atoms with E-state index in [1.807, 2.05) is 12.1 Å². The number of methoxy groups -OCH3 is 2. The molecule has 2 N–H and O–H groups in total. The summed E-state index contributed by atoms with van der Waals surface area (Å²) in [6.45, 7) is 0.678. The van der Waals surface area contributed by atoms with Gasteiger partial charge < -0.3 is 20.1 Å². The summed E-state index contributed by atoms with van der Waals surface area (Å²) in [5.41, 5.74) is 1.12. The molecule has 2 aromatic rings. The van der Waals surface area contributed by atoms with Crippen molar-refractivity contribution in [3.8, 4) is 11.5 Å². The van der Waals surface area contributed by atoms with Crippen LogP contribution in [0.15, 0.2) is 36.4 Å². The van der Waals surface area contributed by atoms with Gasteiger partial charge in [0.25, 0.3) is 0 Å². The topological polar surface area (TPSA) is 62.8 Å². The molecule has 34 heavy (non-hydrogen) atoms. The molecule has 6 nitrogen and oxygen atoms in total. The van der Waals surface area contributed by atoms with E-state index in [0.29, 0.717) is 24.5 Å². The molecule has 3 atom stereocenters. The number of nitrogens with zero attached hydrogens (tertiary/aromatic N) is 1. The summed E-state index contributed by atoms with van der Waals surface area (Å²) in [5.74, 6) is -0.688. The van der Waals surface area contributed by atoms with Gasteiger partial charge in [-0.25, -0.2) is 18.0 Å². The third kappa shape index (κ3) is 4.66. The van der Waals surface area contributed by atoms with E-state index in [9.17, 15) is 18.0 Å². The summed E-state index contributed by atoms with van der Waals surface area (Å²) < 4.78 is 50.9.